The summed E-state index contributed by atoms with van der Waals surface area (Å²) in [6, 6.07) is 8.92. The summed E-state index contributed by atoms with van der Waals surface area (Å²) in [4.78, 5) is -0.706. The van der Waals surface area contributed by atoms with E-state index in [-0.39, 0.29) is 58.7 Å². The van der Waals surface area contributed by atoms with E-state index in [4.69, 9.17) is 16.7 Å². The van der Waals surface area contributed by atoms with Crippen molar-refractivity contribution >= 4 is 31.4 Å². The smallest absolute Gasteiger partial charge is 0.240 e. The van der Waals surface area contributed by atoms with Crippen LogP contribution in [0, 0.1) is 11.3 Å². The van der Waals surface area contributed by atoms with Crippen LogP contribution in [0.25, 0.3) is 0 Å². The lowest BCUT2D eigenvalue weighted by atomic mass is 10.2. The summed E-state index contributed by atoms with van der Waals surface area (Å²) >= 11 is 0. The average molecular weight is 468 g/mol. The summed E-state index contributed by atoms with van der Waals surface area (Å²) in [5.74, 6) is -0.236. The molecule has 0 spiro atoms. The standard InChI is InChI=1S/C17H21N7O5S2/c18-3-5-21-30(26,27)15-8-14(9-16(10-15)31(28,29)22-6-4-19)24-23-13-1-2-17(25)12(7-13)11-20/h1-2,7-10,21-22,25H,3-6,18-19H2/b24-23+. The van der Waals surface area contributed by atoms with Crippen LogP contribution in [0.4, 0.5) is 11.4 Å². The van der Waals surface area contributed by atoms with Crippen molar-refractivity contribution < 1.29 is 21.9 Å². The van der Waals surface area contributed by atoms with E-state index in [1.165, 1.54) is 18.2 Å². The fourth-order valence-electron chi connectivity index (χ4n) is 2.27. The molecule has 166 valence electrons. The van der Waals surface area contributed by atoms with Gasteiger partial charge in [-0.25, -0.2) is 26.3 Å². The lowest BCUT2D eigenvalue weighted by Gasteiger charge is -2.10. The number of phenols is 1. The second-order valence-corrected chi connectivity index (χ2v) is 9.58. The Bertz CT molecular complexity index is 1170. The van der Waals surface area contributed by atoms with Gasteiger partial charge in [0.1, 0.15) is 11.8 Å². The molecule has 0 aliphatic heterocycles. The molecule has 0 aliphatic carbocycles. The van der Waals surface area contributed by atoms with Crippen molar-refractivity contribution in [2.24, 2.45) is 21.7 Å². The zero-order chi connectivity index (χ0) is 23.1. The highest BCUT2D eigenvalue weighted by atomic mass is 32.2. The molecule has 0 unspecified atom stereocenters. The Balaban J connectivity index is 2.54. The van der Waals surface area contributed by atoms with Crippen molar-refractivity contribution in [2.45, 2.75) is 9.79 Å². The maximum atomic E-state index is 12.5. The molecule has 7 N–H and O–H groups in total. The molecule has 0 aliphatic rings. The van der Waals surface area contributed by atoms with Gasteiger partial charge in [0.15, 0.2) is 0 Å². The molecule has 0 heterocycles. The largest absolute Gasteiger partial charge is 0.507 e. The molecule has 14 heteroatoms. The van der Waals surface area contributed by atoms with Crippen molar-refractivity contribution in [3.05, 3.63) is 42.0 Å². The number of nitrogens with two attached hydrogens (primary N) is 2. The van der Waals surface area contributed by atoms with Crippen LogP contribution in [0.15, 0.2) is 56.4 Å². The topological polar surface area (TPSA) is 213 Å². The summed E-state index contributed by atoms with van der Waals surface area (Å²) in [6.07, 6.45) is 0. The van der Waals surface area contributed by atoms with Gasteiger partial charge in [-0.05, 0) is 36.4 Å². The SMILES string of the molecule is N#Cc1cc(/N=N/c2cc(S(=O)(=O)NCCN)cc(S(=O)(=O)NCCN)c2)ccc1O. The minimum Gasteiger partial charge on any atom is -0.507 e. The van der Waals surface area contributed by atoms with E-state index < -0.39 is 20.0 Å². The van der Waals surface area contributed by atoms with Gasteiger partial charge in [-0.15, -0.1) is 0 Å². The molecule has 2 aromatic rings. The molecule has 0 aromatic heterocycles. The van der Waals surface area contributed by atoms with Crippen molar-refractivity contribution in [1.29, 1.82) is 5.26 Å². The van der Waals surface area contributed by atoms with E-state index in [9.17, 15) is 21.9 Å². The van der Waals surface area contributed by atoms with Crippen LogP contribution in [0.3, 0.4) is 0 Å². The molecule has 2 aromatic carbocycles. The summed E-state index contributed by atoms with van der Waals surface area (Å²) in [7, 11) is -8.14. The Morgan fingerprint density at radius 2 is 1.39 bits per heavy atom. The monoisotopic (exact) mass is 467 g/mol. The lowest BCUT2D eigenvalue weighted by Crippen LogP contribution is -2.30. The third kappa shape index (κ3) is 6.52. The molecule has 0 amide bonds. The summed E-state index contributed by atoms with van der Waals surface area (Å²) in [5.41, 5.74) is 10.7. The Labute approximate surface area is 179 Å². The molecular formula is C17H21N7O5S2. The van der Waals surface area contributed by atoms with Crippen molar-refractivity contribution in [3.63, 3.8) is 0 Å². The molecule has 0 saturated heterocycles. The fraction of sp³-hybridized carbons (Fsp3) is 0.235. The van der Waals surface area contributed by atoms with Crippen molar-refractivity contribution in [2.75, 3.05) is 26.2 Å². The molecule has 0 atom stereocenters. The number of hydrogen-bond acceptors (Lipinski definition) is 10. The predicted octanol–water partition coefficient (Wildman–Crippen LogP) is 0.153. The first kappa shape index (κ1) is 24.3. The summed E-state index contributed by atoms with van der Waals surface area (Å²) in [5, 5.41) is 26.3. The quantitative estimate of drug-likeness (QED) is 0.302. The maximum absolute atomic E-state index is 12.5. The number of nitriles is 1. The number of phenolic OH excluding ortho intramolecular Hbond substituents is 1. The van der Waals surface area contributed by atoms with E-state index in [0.717, 1.165) is 18.2 Å². The van der Waals surface area contributed by atoms with Gasteiger partial charge >= 0.3 is 0 Å². The molecule has 0 radical (unpaired) electrons. The van der Waals surface area contributed by atoms with Gasteiger partial charge in [0, 0.05) is 26.2 Å². The second-order valence-electron chi connectivity index (χ2n) is 6.05. The van der Waals surface area contributed by atoms with Gasteiger partial charge in [-0.2, -0.15) is 15.5 Å². The Morgan fingerprint density at radius 3 is 1.87 bits per heavy atom. The van der Waals surface area contributed by atoms with Crippen LogP contribution < -0.4 is 20.9 Å². The molecule has 0 fully saturated rings. The van der Waals surface area contributed by atoms with Crippen LogP contribution >= 0.6 is 0 Å². The average Bonchev–Trinajstić information content (AvgIpc) is 2.75. The van der Waals surface area contributed by atoms with Crippen molar-refractivity contribution in [3.8, 4) is 11.8 Å². The van der Waals surface area contributed by atoms with Gasteiger partial charge in [0.25, 0.3) is 0 Å². The van der Waals surface area contributed by atoms with Crippen LogP contribution in [-0.2, 0) is 20.0 Å². The first-order valence-electron chi connectivity index (χ1n) is 8.82. The molecule has 31 heavy (non-hydrogen) atoms. The van der Waals surface area contributed by atoms with Crippen LogP contribution in [-0.4, -0.2) is 48.1 Å². The van der Waals surface area contributed by atoms with E-state index >= 15 is 0 Å². The van der Waals surface area contributed by atoms with E-state index in [0.29, 0.717) is 0 Å². The highest BCUT2D eigenvalue weighted by Crippen LogP contribution is 2.28. The van der Waals surface area contributed by atoms with Gasteiger partial charge in [-0.3, -0.25) is 0 Å². The minimum absolute atomic E-state index is 0.0342. The molecule has 0 bridgehead atoms. The number of nitrogens with zero attached hydrogens (tertiary/aromatic N) is 3. The number of aromatic hydroxyl groups is 1. The van der Waals surface area contributed by atoms with Gasteiger partial charge in [0.2, 0.25) is 20.0 Å². The highest BCUT2D eigenvalue weighted by molar-refractivity contribution is 7.90. The first-order chi connectivity index (χ1) is 14.6. The zero-order valence-electron chi connectivity index (χ0n) is 16.2. The number of sulfonamides is 2. The number of benzene rings is 2. The van der Waals surface area contributed by atoms with Crippen molar-refractivity contribution in [1.82, 2.24) is 9.44 Å². The van der Waals surface area contributed by atoms with Crippen LogP contribution in [0.1, 0.15) is 5.56 Å². The van der Waals surface area contributed by atoms with E-state index in [2.05, 4.69) is 19.7 Å². The molecule has 0 saturated carbocycles. The Morgan fingerprint density at radius 1 is 0.871 bits per heavy atom. The molecule has 2 rings (SSSR count). The van der Waals surface area contributed by atoms with Crippen LogP contribution in [0.2, 0.25) is 0 Å². The lowest BCUT2D eigenvalue weighted by molar-refractivity contribution is 0.473. The summed E-state index contributed by atoms with van der Waals surface area (Å²) in [6.45, 7) is -0.00804. The third-order valence-corrected chi connectivity index (χ3v) is 6.62. The fourth-order valence-corrected chi connectivity index (χ4v) is 4.57. The summed E-state index contributed by atoms with van der Waals surface area (Å²) < 4.78 is 54.5. The van der Waals surface area contributed by atoms with E-state index in [1.807, 2.05) is 0 Å². The molecular weight excluding hydrogens is 446 g/mol. The zero-order valence-corrected chi connectivity index (χ0v) is 17.8. The number of azo groups is 1. The van der Waals surface area contributed by atoms with Gasteiger partial charge in [-0.1, -0.05) is 0 Å². The Hall–Kier alpha value is -2.93. The van der Waals surface area contributed by atoms with Gasteiger partial charge < -0.3 is 16.6 Å². The van der Waals surface area contributed by atoms with Crippen LogP contribution in [0.5, 0.6) is 5.75 Å². The van der Waals surface area contributed by atoms with E-state index in [1.54, 1.807) is 6.07 Å². The third-order valence-electron chi connectivity index (χ3n) is 3.74. The highest BCUT2D eigenvalue weighted by Gasteiger charge is 2.21. The second kappa shape index (κ2) is 10.4. The maximum Gasteiger partial charge on any atom is 0.240 e. The minimum atomic E-state index is -4.07. The normalized spacial score (nSPS) is 12.2. The number of nitrogens with one attached hydrogen (secondary N) is 2. The predicted molar refractivity (Wildman–Crippen MR) is 112 cm³/mol. The number of hydrogen-bond donors (Lipinski definition) is 5. The first-order valence-corrected chi connectivity index (χ1v) is 11.8. The Kier molecular flexibility index (Phi) is 8.16. The molecule has 12 nitrogen and oxygen atoms in total. The van der Waals surface area contributed by atoms with Gasteiger partial charge in [0.05, 0.1) is 26.7 Å². The number of rotatable bonds is 10.